The molecular formula is C14H23N3O3. The molecule has 20 heavy (non-hydrogen) atoms. The summed E-state index contributed by atoms with van der Waals surface area (Å²) < 4.78 is 0. The molecule has 6 nitrogen and oxygen atoms in total. The quantitative estimate of drug-likeness (QED) is 0.578. The van der Waals surface area contributed by atoms with E-state index in [2.05, 4.69) is 5.32 Å². The maximum absolute atomic E-state index is 11.9. The maximum Gasteiger partial charge on any atom is 0.312 e. The van der Waals surface area contributed by atoms with Crippen molar-refractivity contribution in [3.8, 4) is 0 Å². The third-order valence-corrected chi connectivity index (χ3v) is 2.90. The number of nitrogens with one attached hydrogen (secondary N) is 1. The van der Waals surface area contributed by atoms with Crippen LogP contribution in [0.4, 0.5) is 0 Å². The van der Waals surface area contributed by atoms with Crippen molar-refractivity contribution < 1.29 is 14.4 Å². The molecular weight excluding hydrogens is 258 g/mol. The third kappa shape index (κ3) is 4.68. The van der Waals surface area contributed by atoms with Gasteiger partial charge < -0.3 is 15.1 Å². The summed E-state index contributed by atoms with van der Waals surface area (Å²) in [4.78, 5) is 38.5. The van der Waals surface area contributed by atoms with Gasteiger partial charge in [0.05, 0.1) is 0 Å². The number of hydrogen-bond donors (Lipinski definition) is 1. The summed E-state index contributed by atoms with van der Waals surface area (Å²) in [6.45, 7) is 9.07. The van der Waals surface area contributed by atoms with E-state index in [1.54, 1.807) is 24.8 Å². The molecule has 1 fully saturated rings. The van der Waals surface area contributed by atoms with Crippen molar-refractivity contribution in [1.29, 1.82) is 0 Å². The molecule has 0 aromatic rings. The van der Waals surface area contributed by atoms with Crippen LogP contribution in [0, 0.1) is 0 Å². The van der Waals surface area contributed by atoms with E-state index in [4.69, 9.17) is 0 Å². The lowest BCUT2D eigenvalue weighted by Crippen LogP contribution is -2.54. The highest BCUT2D eigenvalue weighted by molar-refractivity contribution is 6.35. The Kier molecular flexibility index (Phi) is 5.73. The number of rotatable bonds is 2. The molecule has 1 saturated heterocycles. The lowest BCUT2D eigenvalue weighted by molar-refractivity contribution is -0.148. The number of carbonyl (C=O) groups is 3. The molecule has 0 atom stereocenters. The van der Waals surface area contributed by atoms with Gasteiger partial charge in [0.1, 0.15) is 0 Å². The molecule has 1 aliphatic heterocycles. The molecule has 1 aliphatic rings. The van der Waals surface area contributed by atoms with Gasteiger partial charge >= 0.3 is 11.8 Å². The van der Waals surface area contributed by atoms with Crippen molar-refractivity contribution in [2.24, 2.45) is 0 Å². The van der Waals surface area contributed by atoms with Crippen LogP contribution in [0.15, 0.2) is 11.6 Å². The van der Waals surface area contributed by atoms with Gasteiger partial charge in [-0.3, -0.25) is 14.4 Å². The van der Waals surface area contributed by atoms with Gasteiger partial charge in [0.15, 0.2) is 0 Å². The molecule has 0 aromatic heterocycles. The smallest absolute Gasteiger partial charge is 0.312 e. The van der Waals surface area contributed by atoms with Crippen molar-refractivity contribution in [3.63, 3.8) is 0 Å². The van der Waals surface area contributed by atoms with Crippen LogP contribution in [0.25, 0.3) is 0 Å². The summed E-state index contributed by atoms with van der Waals surface area (Å²) in [5, 5.41) is 2.58. The van der Waals surface area contributed by atoms with Gasteiger partial charge in [0.2, 0.25) is 5.91 Å². The maximum atomic E-state index is 11.9. The Hall–Kier alpha value is -1.85. The van der Waals surface area contributed by atoms with Gasteiger partial charge in [0.25, 0.3) is 0 Å². The first-order valence-corrected chi connectivity index (χ1v) is 6.85. The Labute approximate surface area is 119 Å². The van der Waals surface area contributed by atoms with E-state index in [0.717, 1.165) is 5.57 Å². The molecule has 1 rings (SSSR count). The number of carbonyl (C=O) groups excluding carboxylic acids is 3. The van der Waals surface area contributed by atoms with E-state index in [1.165, 1.54) is 4.90 Å². The zero-order valence-electron chi connectivity index (χ0n) is 12.6. The van der Waals surface area contributed by atoms with Gasteiger partial charge in [-0.1, -0.05) is 5.57 Å². The van der Waals surface area contributed by atoms with Crippen molar-refractivity contribution in [2.45, 2.75) is 33.7 Å². The molecule has 0 aromatic carbocycles. The zero-order chi connectivity index (χ0) is 15.3. The topological polar surface area (TPSA) is 69.7 Å². The zero-order valence-corrected chi connectivity index (χ0v) is 12.6. The van der Waals surface area contributed by atoms with E-state index in [0.29, 0.717) is 26.2 Å². The van der Waals surface area contributed by atoms with Gasteiger partial charge in [-0.15, -0.1) is 0 Å². The molecule has 0 unspecified atom stereocenters. The first-order chi connectivity index (χ1) is 9.31. The fourth-order valence-corrected chi connectivity index (χ4v) is 1.94. The first-order valence-electron chi connectivity index (χ1n) is 6.85. The average molecular weight is 281 g/mol. The van der Waals surface area contributed by atoms with Crippen LogP contribution in [0.3, 0.4) is 0 Å². The second-order valence-corrected chi connectivity index (χ2v) is 5.47. The Morgan fingerprint density at radius 1 is 1.00 bits per heavy atom. The van der Waals surface area contributed by atoms with Gasteiger partial charge in [-0.2, -0.15) is 0 Å². The van der Waals surface area contributed by atoms with Crippen molar-refractivity contribution in [3.05, 3.63) is 11.6 Å². The molecule has 0 aliphatic carbocycles. The first kappa shape index (κ1) is 16.2. The molecule has 0 bridgehead atoms. The molecule has 1 heterocycles. The highest BCUT2D eigenvalue weighted by Gasteiger charge is 2.27. The number of amides is 3. The lowest BCUT2D eigenvalue weighted by atomic mass is 10.2. The van der Waals surface area contributed by atoms with Gasteiger partial charge in [-0.25, -0.2) is 0 Å². The van der Waals surface area contributed by atoms with Gasteiger partial charge in [-0.05, 0) is 27.7 Å². The van der Waals surface area contributed by atoms with Crippen LogP contribution in [-0.2, 0) is 14.4 Å². The van der Waals surface area contributed by atoms with Crippen LogP contribution in [-0.4, -0.2) is 59.7 Å². The van der Waals surface area contributed by atoms with E-state index in [9.17, 15) is 14.4 Å². The Morgan fingerprint density at radius 3 is 1.95 bits per heavy atom. The summed E-state index contributed by atoms with van der Waals surface area (Å²) in [5.41, 5.74) is 0.949. The predicted octanol–water partition coefficient (Wildman–Crippen LogP) is 0.148. The molecule has 3 amide bonds. The SMILES string of the molecule is CC(C)=CC(=O)N1CCN(C(=O)C(=O)NC(C)C)CC1. The van der Waals surface area contributed by atoms with E-state index < -0.39 is 11.8 Å². The van der Waals surface area contributed by atoms with Crippen LogP contribution in [0.2, 0.25) is 0 Å². The molecule has 112 valence electrons. The number of piperazine rings is 1. The molecule has 0 saturated carbocycles. The highest BCUT2D eigenvalue weighted by atomic mass is 16.2. The summed E-state index contributed by atoms with van der Waals surface area (Å²) in [6, 6.07) is -0.0630. The fraction of sp³-hybridized carbons (Fsp3) is 0.643. The van der Waals surface area contributed by atoms with E-state index in [-0.39, 0.29) is 11.9 Å². The standard InChI is InChI=1S/C14H23N3O3/c1-10(2)9-12(18)16-5-7-17(8-6-16)14(20)13(19)15-11(3)4/h9,11H,5-8H2,1-4H3,(H,15,19). The summed E-state index contributed by atoms with van der Waals surface area (Å²) in [7, 11) is 0. The Morgan fingerprint density at radius 2 is 1.50 bits per heavy atom. The Bertz CT molecular complexity index is 417. The summed E-state index contributed by atoms with van der Waals surface area (Å²) in [6.07, 6.45) is 1.59. The Balaban J connectivity index is 2.50. The highest BCUT2D eigenvalue weighted by Crippen LogP contribution is 2.04. The minimum absolute atomic E-state index is 0.0382. The second kappa shape index (κ2) is 7.07. The predicted molar refractivity (Wildman–Crippen MR) is 75.9 cm³/mol. The number of nitrogens with zero attached hydrogens (tertiary/aromatic N) is 2. The van der Waals surface area contributed by atoms with Gasteiger partial charge in [0, 0.05) is 38.3 Å². The lowest BCUT2D eigenvalue weighted by Gasteiger charge is -2.34. The molecule has 6 heteroatoms. The third-order valence-electron chi connectivity index (χ3n) is 2.90. The second-order valence-electron chi connectivity index (χ2n) is 5.47. The number of hydrogen-bond acceptors (Lipinski definition) is 3. The molecule has 1 N–H and O–H groups in total. The van der Waals surface area contributed by atoms with Crippen LogP contribution >= 0.6 is 0 Å². The van der Waals surface area contributed by atoms with Crippen molar-refractivity contribution >= 4 is 17.7 Å². The normalized spacial score (nSPS) is 15.1. The summed E-state index contributed by atoms with van der Waals surface area (Å²) >= 11 is 0. The largest absolute Gasteiger partial charge is 0.346 e. The summed E-state index contributed by atoms with van der Waals surface area (Å²) in [5.74, 6) is -1.14. The minimum atomic E-state index is -0.580. The van der Waals surface area contributed by atoms with Crippen LogP contribution in [0.5, 0.6) is 0 Å². The monoisotopic (exact) mass is 281 g/mol. The number of allylic oxidation sites excluding steroid dienone is 1. The van der Waals surface area contributed by atoms with E-state index >= 15 is 0 Å². The van der Waals surface area contributed by atoms with E-state index in [1.807, 2.05) is 13.8 Å². The molecule has 0 spiro atoms. The van der Waals surface area contributed by atoms with Crippen molar-refractivity contribution in [2.75, 3.05) is 26.2 Å². The van der Waals surface area contributed by atoms with Crippen molar-refractivity contribution in [1.82, 2.24) is 15.1 Å². The fourth-order valence-electron chi connectivity index (χ4n) is 1.94. The van der Waals surface area contributed by atoms with Crippen LogP contribution in [0.1, 0.15) is 27.7 Å². The molecule has 0 radical (unpaired) electrons. The average Bonchev–Trinajstić information content (AvgIpc) is 2.36. The minimum Gasteiger partial charge on any atom is -0.346 e. The van der Waals surface area contributed by atoms with Crippen LogP contribution < -0.4 is 5.32 Å².